The summed E-state index contributed by atoms with van der Waals surface area (Å²) < 4.78 is 76.0. The van der Waals surface area contributed by atoms with Gasteiger partial charge in [0.15, 0.2) is 6.23 Å². The van der Waals surface area contributed by atoms with Gasteiger partial charge in [0.25, 0.3) is 6.47 Å². The number of aldehydes is 2. The summed E-state index contributed by atoms with van der Waals surface area (Å²) in [4.78, 5) is 154. The molecule has 0 aliphatic carbocycles. The number of hydrogen-bond acceptors (Lipinski definition) is 35. The number of hydrogen-bond donors (Lipinski definition) is 16. The van der Waals surface area contributed by atoms with Crippen LogP contribution in [-0.2, 0) is 117 Å². The first-order chi connectivity index (χ1) is 71.0. The van der Waals surface area contributed by atoms with E-state index in [2.05, 4.69) is 52.3 Å². The quantitative estimate of drug-likeness (QED) is 0.00498. The van der Waals surface area contributed by atoms with Crippen molar-refractivity contribution in [3.63, 3.8) is 0 Å². The van der Waals surface area contributed by atoms with Gasteiger partial charge < -0.3 is 160 Å². The topological polar surface area (TPSA) is 651 Å². The number of halogens is 3. The number of ether oxygens (including phenoxy) is 11. The van der Waals surface area contributed by atoms with Crippen LogP contribution < -0.4 is 163 Å². The van der Waals surface area contributed by atoms with Crippen LogP contribution in [0.25, 0.3) is 43.6 Å². The van der Waals surface area contributed by atoms with E-state index in [1.165, 1.54) is 25.0 Å². The molecule has 2 unspecified atom stereocenters. The Bertz CT molecular complexity index is 5920. The molecule has 0 saturated carbocycles. The number of amides is 1. The Hall–Kier alpha value is -11.2. The summed E-state index contributed by atoms with van der Waals surface area (Å²) in [5, 5.41) is 112. The van der Waals surface area contributed by atoms with Gasteiger partial charge in [-0.2, -0.15) is 0 Å². The van der Waals surface area contributed by atoms with Gasteiger partial charge in [0.05, 0.1) is 169 Å². The van der Waals surface area contributed by atoms with E-state index >= 15 is 0 Å². The van der Waals surface area contributed by atoms with E-state index < -0.39 is 105 Å². The minimum Gasteiger partial charge on any atom is -1.00 e. The summed E-state index contributed by atoms with van der Waals surface area (Å²) in [6, 6.07) is 30.1. The molecule has 150 heavy (non-hydrogen) atoms. The zero-order chi connectivity index (χ0) is 110. The molecule has 6 aromatic carbocycles. The monoisotopic (exact) mass is 2250 g/mol. The van der Waals surface area contributed by atoms with E-state index in [4.69, 9.17) is 94.2 Å². The van der Waals surface area contributed by atoms with Crippen molar-refractivity contribution in [1.82, 2.24) is 30.0 Å². The maximum absolute atomic E-state index is 12.6. The van der Waals surface area contributed by atoms with Gasteiger partial charge in [-0.15, -0.1) is 12.4 Å². The van der Waals surface area contributed by atoms with Crippen LogP contribution in [0.15, 0.2) is 134 Å². The maximum Gasteiger partial charge on any atom is 1.00 e. The van der Waals surface area contributed by atoms with Crippen LogP contribution in [-0.4, -0.2) is 299 Å². The van der Waals surface area contributed by atoms with E-state index in [0.717, 1.165) is 89.9 Å². The minimum atomic E-state index is -1.64. The number of carbonyl (C=O) groups excluding carboxylic acids is 8. The number of hydrazine groups is 1. The maximum atomic E-state index is 12.6. The van der Waals surface area contributed by atoms with Gasteiger partial charge >= 0.3 is 156 Å². The number of nitrogens with one attached hydrogen (secondary N) is 6. The van der Waals surface area contributed by atoms with Crippen molar-refractivity contribution in [2.75, 3.05) is 124 Å². The van der Waals surface area contributed by atoms with Crippen LogP contribution in [0, 0.1) is 0 Å². The predicted octanol–water partition coefficient (Wildman–Crippen LogP) is 2.63. The number of fused-ring (bicyclic) bond motifs is 6. The summed E-state index contributed by atoms with van der Waals surface area (Å²) in [7, 11) is 8.34. The largest absolute Gasteiger partial charge is 1.00 e. The van der Waals surface area contributed by atoms with Crippen LogP contribution >= 0.6 is 28.3 Å². The Morgan fingerprint density at radius 1 is 0.540 bits per heavy atom. The third-order valence-electron chi connectivity index (χ3n) is 21.7. The number of aromatic amines is 2. The van der Waals surface area contributed by atoms with Crippen molar-refractivity contribution >= 4 is 162 Å². The molecule has 0 spiro atoms. The number of carboxylic acids is 5. The third-order valence-corrected chi connectivity index (χ3v) is 21.7. The van der Waals surface area contributed by atoms with Crippen LogP contribution in [0.4, 0.5) is 15.8 Å². The Balaban J connectivity index is 0.00000178. The van der Waals surface area contributed by atoms with Gasteiger partial charge in [0.1, 0.15) is 83.0 Å². The van der Waals surface area contributed by atoms with E-state index in [-0.39, 0.29) is 223 Å². The second-order valence-electron chi connectivity index (χ2n) is 31.3. The molecule has 10 atom stereocenters. The Labute approximate surface area is 966 Å². The van der Waals surface area contributed by atoms with E-state index in [1.54, 1.807) is 109 Å². The molecule has 1 saturated heterocycles. The van der Waals surface area contributed by atoms with Gasteiger partial charge in [-0.1, -0.05) is 95.7 Å². The summed E-state index contributed by atoms with van der Waals surface area (Å²) in [5.41, 5.74) is 15.4. The summed E-state index contributed by atoms with van der Waals surface area (Å²) in [6.45, 7) is 12.9. The van der Waals surface area contributed by atoms with Gasteiger partial charge in [0.2, 0.25) is 5.91 Å². The van der Waals surface area contributed by atoms with Crippen molar-refractivity contribution in [3.8, 4) is 34.5 Å². The average molecular weight is 2250 g/mol. The second-order valence-corrected chi connectivity index (χ2v) is 32.4. The third kappa shape index (κ3) is 42.1. The predicted molar refractivity (Wildman–Crippen MR) is 544 cm³/mol. The number of anilines is 2. The number of H-pyrrole nitrogens is 2. The molecule has 1 amide bonds. The zero-order valence-electron chi connectivity index (χ0n) is 87.6. The number of para-hydroxylation sites is 6. The Kier molecular flexibility index (Phi) is 66.5. The molecule has 3 aliphatic rings. The SMILES string of the molecule is CCBr.CCO.CCOC(=O)CC1CN(N[C@H](C=O)CCC(=O)O)c2c(OC)cccc21.CCOC(=O)CC1CNc2c(OC)cccc21.CCOC(=O)Cc1c[nH]c2c(OC)cccc12.CCOC(=O)Cc1cn(N[C@H](C=O)CCC(=O)O)c2c(OC)cccc12.COc1cccc2c(CC(=O)N[C@H](CC(=O)O)C(=O)O)cn([C@@H]3O[C@H](CO)[C@@H](O)[C@H](O)[C@H]3O)c12.COc1cccc2c(CC(=O)O)c[nH]c12.Cl.O=CO[O-].[2H]CF.[H-].[K+].[K+]. The van der Waals surface area contributed by atoms with Crippen molar-refractivity contribution in [2.45, 2.75) is 173 Å². The fourth-order valence-electron chi connectivity index (χ4n) is 15.5. The number of rotatable bonds is 41. The molecule has 816 valence electrons. The average Bonchev–Trinajstić information content (AvgIpc) is 1.60. The van der Waals surface area contributed by atoms with Crippen molar-refractivity contribution in [2.24, 2.45) is 0 Å². The number of aliphatic hydroxyl groups excluding tert-OH is 5. The van der Waals surface area contributed by atoms with E-state index in [9.17, 15) is 82.4 Å². The van der Waals surface area contributed by atoms with Gasteiger partial charge in [-0.3, -0.25) is 57.0 Å². The first kappa shape index (κ1) is 135. The number of carbonyl (C=O) groups is 13. The normalized spacial score (nSPS) is 15.4. The van der Waals surface area contributed by atoms with Gasteiger partial charge in [-0.05, 0) is 117 Å². The van der Waals surface area contributed by atoms with Crippen LogP contribution in [0.2, 0.25) is 0 Å². The summed E-state index contributed by atoms with van der Waals surface area (Å²) >= 11 is 3.15. The fourth-order valence-corrected chi connectivity index (χ4v) is 15.5. The molecule has 0 bridgehead atoms. The van der Waals surface area contributed by atoms with Gasteiger partial charge in [-0.25, -0.2) is 10.2 Å². The molecule has 50 heteroatoms. The fraction of sp³-hybridized carbons (Fsp3) is 0.430. The van der Waals surface area contributed by atoms with Crippen molar-refractivity contribution in [3.05, 3.63) is 167 Å². The van der Waals surface area contributed by atoms with Crippen LogP contribution in [0.3, 0.4) is 0 Å². The number of aliphatic carboxylic acids is 5. The number of benzene rings is 6. The molecule has 3 aliphatic heterocycles. The zero-order valence-corrected chi connectivity index (χ0v) is 94.3. The summed E-state index contributed by atoms with van der Waals surface area (Å²) in [6.07, 6.45) is 0.682. The molecule has 7 heterocycles. The molecular formula is C100H132BrClFK2N9O36. The molecule has 0 radical (unpaired) electrons. The molecule has 16 N–H and O–H groups in total. The number of aromatic nitrogens is 4. The first-order valence-electron chi connectivity index (χ1n) is 46.6. The number of methoxy groups -OCH3 is 6. The number of esters is 4. The van der Waals surface area contributed by atoms with Gasteiger partial charge in [0, 0.05) is 96.0 Å². The number of carboxylic acid groups (broad SMARTS) is 5. The van der Waals surface area contributed by atoms with Crippen molar-refractivity contribution < 1.29 is 286 Å². The van der Waals surface area contributed by atoms with Crippen molar-refractivity contribution in [1.29, 1.82) is 0 Å². The minimum absolute atomic E-state index is 0. The standard InChI is InChI=1S/C21H26N2O11.C18H24N2O6.C18H22N2O6.C13H17NO3.C13H15NO3.C11H11NO3.C2H5Br.C2H6O.CH3F.CH2O3.ClH.2K.H/c1-33-12-4-2-3-10-9(5-14(25)22-11(21(31)32)6-15(26)27)7-23(16(10)12)20-19(30)18(29)17(28)13(8-24)34-20;2*1-3-26-17(24)9-12-10-20(19-13(11-21)7-8-16(22)23)18-14(12)5-4-6-15(18)25-2;2*1-3-17-12(15)7-9-8-14-13-10(9)5-4-6-11(13)16-2;1-15-9-4-2-3-8-7(5-10(13)14)6-12-11(8)9;2*1-2-3;1-2;2-1-4-3;;;;/h2-4,7,11,13,17-20,24,28-30H,5-6,8H2,1H3,(H,22,25)(H,26,27)(H,31,32);4-6,11-13,19H,3,7-10H2,1-2H3,(H,22,23);4-6,10-11,13,19H,3,7-9H2,1-2H3,(H,22,23);4-6,9,14H,3,7-8H2,1-2H3;4-6,8,14H,3,7H2,1-2H3;2-4,6,12H,5H2,1H3,(H,13,14);2H2,1H3;3H,2H2,1H3;1H3;1,3H;1H;;;/q;;;;;;;;;;;2*+1;-1/p-1/t11-,13-,17-,18+,19-,20-;12?,13-;13-;;;;;;;;;;;/m100.........../s1/i;;;;;;;;1D;;;;;. The molecule has 4 aromatic heterocycles. The Morgan fingerprint density at radius 2 is 0.953 bits per heavy atom. The number of aliphatic hydroxyl groups is 5. The second kappa shape index (κ2) is 73.9. The molecule has 10 aromatic rings. The molecule has 1 fully saturated rings. The molecule has 13 rings (SSSR count). The van der Waals surface area contributed by atoms with Crippen LogP contribution in [0.5, 0.6) is 34.5 Å². The molecular weight excluding hydrogens is 2120 g/mol. The summed E-state index contributed by atoms with van der Waals surface area (Å²) in [5.74, 6) is -3.51. The number of nitrogens with zero attached hydrogens (tertiary/aromatic N) is 3. The Morgan fingerprint density at radius 3 is 1.40 bits per heavy atom. The number of alkyl halides is 2. The van der Waals surface area contributed by atoms with E-state index in [0.29, 0.717) is 96.8 Å². The first-order valence-corrected chi connectivity index (χ1v) is 47.0. The molecule has 45 nitrogen and oxygen atoms in total. The van der Waals surface area contributed by atoms with Crippen LogP contribution in [0.1, 0.15) is 141 Å². The smallest absolute Gasteiger partial charge is 1.00 e. The van der Waals surface area contributed by atoms with E-state index in [1.807, 2.05) is 98.9 Å².